The molecule has 1 aliphatic rings. The molecule has 7 heteroatoms. The summed E-state index contributed by atoms with van der Waals surface area (Å²) in [5.41, 5.74) is 7.56. The Bertz CT molecular complexity index is 641. The molecule has 20 heavy (non-hydrogen) atoms. The largest absolute Gasteiger partial charge is 0.398 e. The van der Waals surface area contributed by atoms with E-state index in [1.165, 1.54) is 4.31 Å². The van der Waals surface area contributed by atoms with Crippen LogP contribution in [0, 0.1) is 13.8 Å². The summed E-state index contributed by atoms with van der Waals surface area (Å²) in [4.78, 5) is 11.7. The number of carbonyl (C=O) groups excluding carboxylic acids is 1. The molecular formula is C13H19N3O3S. The van der Waals surface area contributed by atoms with Gasteiger partial charge in [0.15, 0.2) is 0 Å². The van der Waals surface area contributed by atoms with Gasteiger partial charge >= 0.3 is 0 Å². The van der Waals surface area contributed by atoms with Crippen molar-refractivity contribution < 1.29 is 13.2 Å². The Labute approximate surface area is 119 Å². The topological polar surface area (TPSA) is 92.5 Å². The third-order valence-electron chi connectivity index (χ3n) is 3.53. The van der Waals surface area contributed by atoms with Crippen molar-refractivity contribution in [2.24, 2.45) is 0 Å². The minimum Gasteiger partial charge on any atom is -0.398 e. The Morgan fingerprint density at radius 2 is 2.00 bits per heavy atom. The van der Waals surface area contributed by atoms with Crippen molar-refractivity contribution in [3.8, 4) is 0 Å². The smallest absolute Gasteiger partial charge is 0.245 e. The Morgan fingerprint density at radius 3 is 2.70 bits per heavy atom. The molecule has 1 heterocycles. The molecule has 110 valence electrons. The van der Waals surface area contributed by atoms with E-state index in [4.69, 9.17) is 5.73 Å². The summed E-state index contributed by atoms with van der Waals surface area (Å²) in [5.74, 6) is -0.282. The molecule has 0 bridgehead atoms. The number of nitrogens with zero attached hydrogens (tertiary/aromatic N) is 1. The molecular weight excluding hydrogens is 278 g/mol. The van der Waals surface area contributed by atoms with Crippen LogP contribution in [-0.2, 0) is 14.8 Å². The third kappa shape index (κ3) is 2.64. The zero-order chi connectivity index (χ0) is 14.9. The van der Waals surface area contributed by atoms with E-state index >= 15 is 0 Å². The highest BCUT2D eigenvalue weighted by molar-refractivity contribution is 7.89. The van der Waals surface area contributed by atoms with E-state index in [2.05, 4.69) is 5.32 Å². The molecule has 1 fully saturated rings. The van der Waals surface area contributed by atoms with Gasteiger partial charge in [-0.25, -0.2) is 8.42 Å². The van der Waals surface area contributed by atoms with Crippen LogP contribution in [0.2, 0.25) is 0 Å². The average Bonchev–Trinajstić information content (AvgIpc) is 2.59. The summed E-state index contributed by atoms with van der Waals surface area (Å²) in [6.07, 6.45) is 0.593. The summed E-state index contributed by atoms with van der Waals surface area (Å²) >= 11 is 0. The van der Waals surface area contributed by atoms with Gasteiger partial charge in [0.1, 0.15) is 4.90 Å². The lowest BCUT2D eigenvalue weighted by Crippen LogP contribution is -2.38. The molecule has 1 amide bonds. The van der Waals surface area contributed by atoms with Crippen LogP contribution in [0.25, 0.3) is 0 Å². The lowest BCUT2D eigenvalue weighted by atomic mass is 10.1. The average molecular weight is 297 g/mol. The number of carbonyl (C=O) groups is 1. The minimum absolute atomic E-state index is 0.118. The lowest BCUT2D eigenvalue weighted by Gasteiger charge is -2.21. The maximum atomic E-state index is 12.7. The SMILES string of the molecule is Cc1ccc(N)c(S(=O)(=O)N2CCCNC(=O)C2)c1C. The predicted molar refractivity (Wildman–Crippen MR) is 76.7 cm³/mol. The first-order chi connectivity index (χ1) is 9.34. The Morgan fingerprint density at radius 1 is 1.30 bits per heavy atom. The van der Waals surface area contributed by atoms with Crippen molar-refractivity contribution in [1.82, 2.24) is 9.62 Å². The van der Waals surface area contributed by atoms with E-state index in [-0.39, 0.29) is 23.0 Å². The van der Waals surface area contributed by atoms with Crippen molar-refractivity contribution in [1.29, 1.82) is 0 Å². The van der Waals surface area contributed by atoms with Gasteiger partial charge in [-0.1, -0.05) is 6.07 Å². The van der Waals surface area contributed by atoms with Crippen molar-refractivity contribution in [3.05, 3.63) is 23.3 Å². The fraction of sp³-hybridized carbons (Fsp3) is 0.462. The normalized spacial score (nSPS) is 17.6. The molecule has 0 aliphatic carbocycles. The Kier molecular flexibility index (Phi) is 4.01. The maximum absolute atomic E-state index is 12.7. The molecule has 0 unspecified atom stereocenters. The minimum atomic E-state index is -3.75. The van der Waals surface area contributed by atoms with Crippen molar-refractivity contribution in [2.45, 2.75) is 25.2 Å². The van der Waals surface area contributed by atoms with Crippen LogP contribution >= 0.6 is 0 Å². The number of hydrogen-bond donors (Lipinski definition) is 2. The van der Waals surface area contributed by atoms with Crippen LogP contribution < -0.4 is 11.1 Å². The molecule has 0 spiro atoms. The van der Waals surface area contributed by atoms with E-state index < -0.39 is 10.0 Å². The summed E-state index contributed by atoms with van der Waals surface area (Å²) < 4.78 is 26.7. The lowest BCUT2D eigenvalue weighted by molar-refractivity contribution is -0.120. The third-order valence-corrected chi connectivity index (χ3v) is 5.58. The number of anilines is 1. The van der Waals surface area contributed by atoms with Crippen molar-refractivity contribution in [2.75, 3.05) is 25.4 Å². The summed E-state index contributed by atoms with van der Waals surface area (Å²) in [5, 5.41) is 2.66. The number of sulfonamides is 1. The second-order valence-corrected chi connectivity index (χ2v) is 6.84. The fourth-order valence-electron chi connectivity index (χ4n) is 2.27. The van der Waals surface area contributed by atoms with E-state index in [1.807, 2.05) is 6.92 Å². The van der Waals surface area contributed by atoms with Crippen molar-refractivity contribution in [3.63, 3.8) is 0 Å². The van der Waals surface area contributed by atoms with Crippen LogP contribution in [0.3, 0.4) is 0 Å². The quantitative estimate of drug-likeness (QED) is 0.773. The number of aryl methyl sites for hydroxylation is 1. The first-order valence-electron chi connectivity index (χ1n) is 6.46. The van der Waals surface area contributed by atoms with Gasteiger partial charge in [0, 0.05) is 13.1 Å². The van der Waals surface area contributed by atoms with Crippen molar-refractivity contribution >= 4 is 21.6 Å². The monoisotopic (exact) mass is 297 g/mol. The predicted octanol–water partition coefficient (Wildman–Crippen LogP) is 0.396. The van der Waals surface area contributed by atoms with Gasteiger partial charge in [-0.3, -0.25) is 4.79 Å². The highest BCUT2D eigenvalue weighted by Crippen LogP contribution is 2.28. The number of amides is 1. The van der Waals surface area contributed by atoms with Crippen LogP contribution in [0.4, 0.5) is 5.69 Å². The van der Waals surface area contributed by atoms with E-state index in [0.717, 1.165) is 5.56 Å². The highest BCUT2D eigenvalue weighted by Gasteiger charge is 2.31. The summed E-state index contributed by atoms with van der Waals surface area (Å²) in [6.45, 7) is 4.22. The molecule has 1 aliphatic heterocycles. The zero-order valence-electron chi connectivity index (χ0n) is 11.6. The Hall–Kier alpha value is -1.60. The molecule has 1 aromatic rings. The number of rotatable bonds is 2. The molecule has 1 aromatic carbocycles. The number of nitrogens with two attached hydrogens (primary N) is 1. The summed E-state index contributed by atoms with van der Waals surface area (Å²) in [6, 6.07) is 3.38. The highest BCUT2D eigenvalue weighted by atomic mass is 32.2. The molecule has 0 radical (unpaired) electrons. The molecule has 6 nitrogen and oxygen atoms in total. The number of nitrogens with one attached hydrogen (secondary N) is 1. The first-order valence-corrected chi connectivity index (χ1v) is 7.90. The van der Waals surface area contributed by atoms with Gasteiger partial charge in [0.25, 0.3) is 0 Å². The van der Waals surface area contributed by atoms with Gasteiger partial charge in [-0.2, -0.15) is 4.31 Å². The molecule has 1 saturated heterocycles. The van der Waals surface area contributed by atoms with Gasteiger partial charge in [0.05, 0.1) is 12.2 Å². The van der Waals surface area contributed by atoms with Crippen LogP contribution in [0.1, 0.15) is 17.5 Å². The van der Waals surface area contributed by atoms with E-state index in [9.17, 15) is 13.2 Å². The summed E-state index contributed by atoms with van der Waals surface area (Å²) in [7, 11) is -3.75. The second-order valence-electron chi connectivity index (χ2n) is 4.97. The number of nitrogen functional groups attached to an aromatic ring is 1. The zero-order valence-corrected chi connectivity index (χ0v) is 12.5. The molecule has 0 aromatic heterocycles. The second kappa shape index (κ2) is 5.41. The van der Waals surface area contributed by atoms with Gasteiger partial charge in [-0.15, -0.1) is 0 Å². The van der Waals surface area contributed by atoms with Crippen LogP contribution in [0.5, 0.6) is 0 Å². The number of hydrogen-bond acceptors (Lipinski definition) is 4. The molecule has 2 rings (SSSR count). The van der Waals surface area contributed by atoms with Gasteiger partial charge in [-0.05, 0) is 37.5 Å². The standard InChI is InChI=1S/C13H19N3O3S/c1-9-4-5-11(14)13(10(9)2)20(18,19)16-7-3-6-15-12(17)8-16/h4-5H,3,6-8,14H2,1-2H3,(H,15,17). The number of benzene rings is 1. The van der Waals surface area contributed by atoms with Crippen LogP contribution in [-0.4, -0.2) is 38.3 Å². The van der Waals surface area contributed by atoms with E-state index in [0.29, 0.717) is 25.1 Å². The molecule has 3 N–H and O–H groups in total. The Balaban J connectivity index is 2.50. The molecule has 0 atom stereocenters. The molecule has 0 saturated carbocycles. The fourth-order valence-corrected chi connectivity index (χ4v) is 4.09. The van der Waals surface area contributed by atoms with Gasteiger partial charge in [0.2, 0.25) is 15.9 Å². The first kappa shape index (κ1) is 14.8. The van der Waals surface area contributed by atoms with E-state index in [1.54, 1.807) is 19.1 Å². The van der Waals surface area contributed by atoms with Crippen LogP contribution in [0.15, 0.2) is 17.0 Å². The van der Waals surface area contributed by atoms with Gasteiger partial charge < -0.3 is 11.1 Å². The maximum Gasteiger partial charge on any atom is 0.245 e.